The Morgan fingerprint density at radius 2 is 2.11 bits per heavy atom. The summed E-state index contributed by atoms with van der Waals surface area (Å²) in [5.74, 6) is 0. The summed E-state index contributed by atoms with van der Waals surface area (Å²) in [5, 5.41) is 3.03. The molecule has 3 nitrogen and oxygen atoms in total. The Bertz CT molecular complexity index is 522. The van der Waals surface area contributed by atoms with Crippen LogP contribution in [0.1, 0.15) is 12.1 Å². The lowest BCUT2D eigenvalue weighted by molar-refractivity contribution is 0.955. The fourth-order valence-corrected chi connectivity index (χ4v) is 2.57. The van der Waals surface area contributed by atoms with Crippen molar-refractivity contribution in [1.82, 2.24) is 4.98 Å². The van der Waals surface area contributed by atoms with Crippen molar-refractivity contribution in [2.45, 2.75) is 13.3 Å². The minimum absolute atomic E-state index is 0.532. The van der Waals surface area contributed by atoms with Gasteiger partial charge in [-0.15, -0.1) is 11.3 Å². The average molecular weight is 277 g/mol. The molecule has 0 aliphatic rings. The van der Waals surface area contributed by atoms with E-state index in [2.05, 4.69) is 22.0 Å². The first-order chi connectivity index (χ1) is 8.66. The van der Waals surface area contributed by atoms with Gasteiger partial charge in [-0.1, -0.05) is 30.4 Å². The Labute approximate surface area is 116 Å². The van der Waals surface area contributed by atoms with E-state index >= 15 is 0 Å². The lowest BCUT2D eigenvalue weighted by Crippen LogP contribution is -2.22. The normalized spacial score (nSPS) is 10.3. The summed E-state index contributed by atoms with van der Waals surface area (Å²) in [5.41, 5.74) is 7.74. The van der Waals surface area contributed by atoms with Crippen LogP contribution in [0.25, 0.3) is 0 Å². The first-order valence-electron chi connectivity index (χ1n) is 5.70. The number of para-hydroxylation sites is 1. The van der Waals surface area contributed by atoms with Gasteiger partial charge in [0.15, 0.2) is 5.13 Å². The topological polar surface area (TPSA) is 42.1 Å². The molecule has 18 heavy (non-hydrogen) atoms. The van der Waals surface area contributed by atoms with Crippen molar-refractivity contribution < 1.29 is 0 Å². The van der Waals surface area contributed by atoms with Gasteiger partial charge in [-0.2, -0.15) is 0 Å². The lowest BCUT2D eigenvalue weighted by atomic mass is 10.3. The molecule has 94 valence electrons. The van der Waals surface area contributed by atoms with E-state index in [1.54, 1.807) is 11.3 Å². The highest BCUT2D eigenvalue weighted by atomic mass is 32.1. The Balaban J connectivity index is 2.26. The van der Waals surface area contributed by atoms with E-state index in [1.165, 1.54) is 0 Å². The number of benzene rings is 1. The van der Waals surface area contributed by atoms with Gasteiger partial charge < -0.3 is 10.6 Å². The van der Waals surface area contributed by atoms with Crippen molar-refractivity contribution in [3.05, 3.63) is 41.4 Å². The third-order valence-electron chi connectivity index (χ3n) is 2.49. The molecule has 0 saturated carbocycles. The highest BCUT2D eigenvalue weighted by Gasteiger charge is 2.12. The third-order valence-corrected chi connectivity index (χ3v) is 3.67. The van der Waals surface area contributed by atoms with Crippen LogP contribution in [-0.2, 0) is 0 Å². The number of thiocarbonyl (C=S) groups is 1. The molecule has 0 bridgehead atoms. The van der Waals surface area contributed by atoms with Gasteiger partial charge in [0, 0.05) is 24.0 Å². The molecule has 2 aromatic rings. The fourth-order valence-electron chi connectivity index (χ4n) is 1.63. The van der Waals surface area contributed by atoms with Crippen molar-refractivity contribution in [3.8, 4) is 0 Å². The van der Waals surface area contributed by atoms with Crippen molar-refractivity contribution in [3.63, 3.8) is 0 Å². The fraction of sp³-hybridized carbons (Fsp3) is 0.231. The van der Waals surface area contributed by atoms with Gasteiger partial charge in [-0.05, 0) is 19.1 Å². The maximum absolute atomic E-state index is 5.59. The smallest absolute Gasteiger partial charge is 0.190 e. The Hall–Kier alpha value is -1.46. The number of hydrogen-bond donors (Lipinski definition) is 1. The quantitative estimate of drug-likeness (QED) is 0.852. The molecule has 2 N–H and O–H groups in total. The van der Waals surface area contributed by atoms with Crippen LogP contribution in [0.3, 0.4) is 0 Å². The molecule has 0 radical (unpaired) electrons. The number of hydrogen-bond acceptors (Lipinski definition) is 4. The number of nitrogens with zero attached hydrogens (tertiary/aromatic N) is 2. The summed E-state index contributed by atoms with van der Waals surface area (Å²) in [6.45, 7) is 2.75. The highest BCUT2D eigenvalue weighted by Crippen LogP contribution is 2.28. The molecule has 2 rings (SSSR count). The van der Waals surface area contributed by atoms with Gasteiger partial charge in [0.05, 0.1) is 10.7 Å². The predicted molar refractivity (Wildman–Crippen MR) is 81.7 cm³/mol. The molecule has 0 fully saturated rings. The molecule has 0 spiro atoms. The Kier molecular flexibility index (Phi) is 4.28. The zero-order chi connectivity index (χ0) is 13.0. The van der Waals surface area contributed by atoms with Crippen LogP contribution in [0.4, 0.5) is 10.8 Å². The molecule has 1 aromatic heterocycles. The molecule has 1 aromatic carbocycles. The van der Waals surface area contributed by atoms with E-state index in [1.807, 2.05) is 30.5 Å². The van der Waals surface area contributed by atoms with Gasteiger partial charge in [-0.3, -0.25) is 0 Å². The molecule has 0 atom stereocenters. The van der Waals surface area contributed by atoms with Gasteiger partial charge in [0.2, 0.25) is 0 Å². The van der Waals surface area contributed by atoms with Crippen LogP contribution in [0, 0.1) is 6.92 Å². The van der Waals surface area contributed by atoms with Crippen LogP contribution < -0.4 is 10.6 Å². The van der Waals surface area contributed by atoms with Crippen LogP contribution in [-0.4, -0.2) is 16.5 Å². The summed E-state index contributed by atoms with van der Waals surface area (Å²) in [7, 11) is 0. The third kappa shape index (κ3) is 3.27. The molecular formula is C13H15N3S2. The molecule has 0 saturated heterocycles. The van der Waals surface area contributed by atoms with Gasteiger partial charge in [-0.25, -0.2) is 4.98 Å². The lowest BCUT2D eigenvalue weighted by Gasteiger charge is -2.21. The summed E-state index contributed by atoms with van der Waals surface area (Å²) >= 11 is 6.59. The van der Waals surface area contributed by atoms with Crippen LogP contribution in [0.2, 0.25) is 0 Å². The summed E-state index contributed by atoms with van der Waals surface area (Å²) in [6, 6.07) is 10.2. The molecule has 0 aliphatic carbocycles. The molecular weight excluding hydrogens is 262 g/mol. The van der Waals surface area contributed by atoms with E-state index in [-0.39, 0.29) is 0 Å². The van der Waals surface area contributed by atoms with E-state index in [9.17, 15) is 0 Å². The van der Waals surface area contributed by atoms with E-state index in [4.69, 9.17) is 18.0 Å². The first kappa shape index (κ1) is 13.0. The van der Waals surface area contributed by atoms with Crippen LogP contribution in [0.15, 0.2) is 35.7 Å². The second-order valence-electron chi connectivity index (χ2n) is 3.97. The van der Waals surface area contributed by atoms with Gasteiger partial charge >= 0.3 is 0 Å². The predicted octanol–water partition coefficient (Wildman–Crippen LogP) is 3.27. The van der Waals surface area contributed by atoms with Crippen molar-refractivity contribution >= 4 is 39.4 Å². The molecule has 0 amide bonds. The van der Waals surface area contributed by atoms with Gasteiger partial charge in [0.1, 0.15) is 0 Å². The van der Waals surface area contributed by atoms with E-state index < -0.39 is 0 Å². The molecule has 0 aliphatic heterocycles. The number of aromatic nitrogens is 1. The number of thiazole rings is 1. The summed E-state index contributed by atoms with van der Waals surface area (Å²) in [4.78, 5) is 7.21. The van der Waals surface area contributed by atoms with Crippen molar-refractivity contribution in [2.75, 3.05) is 11.4 Å². The van der Waals surface area contributed by atoms with Crippen LogP contribution in [0.5, 0.6) is 0 Å². The standard InChI is InChI=1S/C13H15N3S2/c1-10-9-18-13(15-10)16(8-7-12(14)17)11-5-3-2-4-6-11/h2-6,9H,7-8H2,1H3,(H2,14,17). The zero-order valence-electron chi connectivity index (χ0n) is 10.2. The van der Waals surface area contributed by atoms with E-state index in [0.29, 0.717) is 11.4 Å². The summed E-state index contributed by atoms with van der Waals surface area (Å²) in [6.07, 6.45) is 0.683. The Morgan fingerprint density at radius 1 is 1.39 bits per heavy atom. The second-order valence-corrected chi connectivity index (χ2v) is 5.34. The van der Waals surface area contributed by atoms with Crippen molar-refractivity contribution in [1.29, 1.82) is 0 Å². The van der Waals surface area contributed by atoms with Crippen molar-refractivity contribution in [2.24, 2.45) is 5.73 Å². The number of aryl methyl sites for hydroxylation is 1. The summed E-state index contributed by atoms with van der Waals surface area (Å²) < 4.78 is 0. The Morgan fingerprint density at radius 3 is 2.67 bits per heavy atom. The van der Waals surface area contributed by atoms with E-state index in [0.717, 1.165) is 23.1 Å². The minimum atomic E-state index is 0.532. The SMILES string of the molecule is Cc1csc(N(CCC(N)=S)c2ccccc2)n1. The number of rotatable bonds is 5. The van der Waals surface area contributed by atoms with Gasteiger partial charge in [0.25, 0.3) is 0 Å². The largest absolute Gasteiger partial charge is 0.393 e. The maximum atomic E-state index is 5.59. The minimum Gasteiger partial charge on any atom is -0.393 e. The molecule has 1 heterocycles. The molecule has 0 unspecified atom stereocenters. The number of nitrogens with two attached hydrogens (primary N) is 1. The average Bonchev–Trinajstić information content (AvgIpc) is 2.77. The highest BCUT2D eigenvalue weighted by molar-refractivity contribution is 7.80. The number of anilines is 2. The molecule has 5 heteroatoms. The monoisotopic (exact) mass is 277 g/mol. The maximum Gasteiger partial charge on any atom is 0.190 e. The second kappa shape index (κ2) is 5.93. The van der Waals surface area contributed by atoms with Crippen LogP contribution >= 0.6 is 23.6 Å². The zero-order valence-corrected chi connectivity index (χ0v) is 11.8. The first-order valence-corrected chi connectivity index (χ1v) is 6.98.